The van der Waals surface area contributed by atoms with E-state index in [4.69, 9.17) is 9.97 Å². The van der Waals surface area contributed by atoms with Gasteiger partial charge in [-0.2, -0.15) is 0 Å². The molecule has 9 rings (SSSR count). The number of rotatable bonds is 6. The van der Waals surface area contributed by atoms with Gasteiger partial charge in [0.1, 0.15) is 0 Å². The fourth-order valence-corrected chi connectivity index (χ4v) is 10.2. The molecule has 5 aromatic carbocycles. The summed E-state index contributed by atoms with van der Waals surface area (Å²) >= 11 is 0. The van der Waals surface area contributed by atoms with Crippen LogP contribution in [0.5, 0.6) is 0 Å². The second-order valence-electron chi connectivity index (χ2n) is 15.9. The minimum Gasteiger partial charge on any atom is -0.311 e. The van der Waals surface area contributed by atoms with Crippen molar-refractivity contribution in [2.75, 3.05) is 28.6 Å². The van der Waals surface area contributed by atoms with Crippen molar-refractivity contribution in [3.8, 4) is 22.5 Å². The smallest absolute Gasteiger partial charge is 0.252 e. The van der Waals surface area contributed by atoms with E-state index in [2.05, 4.69) is 176 Å². The molecule has 0 N–H and O–H groups in total. The summed E-state index contributed by atoms with van der Waals surface area (Å²) in [6.45, 7) is 7.39. The molecule has 0 fully saturated rings. The number of aromatic nitrogens is 2. The summed E-state index contributed by atoms with van der Waals surface area (Å²) in [6.07, 6.45) is 10.9. The van der Waals surface area contributed by atoms with Crippen LogP contribution >= 0.6 is 10.0 Å². The fraction of sp³-hybridized carbons (Fsp3) is 0.130. The van der Waals surface area contributed by atoms with Crippen LogP contribution in [0, 0.1) is 0 Å². The molecule has 0 amide bonds. The van der Waals surface area contributed by atoms with Crippen LogP contribution in [0.15, 0.2) is 157 Å². The average molecular weight is 723 g/mol. The first kappa shape index (κ1) is 33.5. The molecule has 0 aliphatic carbocycles. The lowest BCUT2D eigenvalue weighted by molar-refractivity contribution is 1.23. The highest BCUT2D eigenvalue weighted by Crippen LogP contribution is 2.50. The molecule has 0 bridgehead atoms. The van der Waals surface area contributed by atoms with Gasteiger partial charge in [-0.25, -0.2) is 10.0 Å². The van der Waals surface area contributed by atoms with Gasteiger partial charge in [0.15, 0.2) is 0 Å². The van der Waals surface area contributed by atoms with Crippen molar-refractivity contribution in [3.05, 3.63) is 152 Å². The highest BCUT2D eigenvalue weighted by Gasteiger charge is 2.44. The lowest BCUT2D eigenvalue weighted by Crippen LogP contribution is -2.62. The minimum atomic E-state index is -1.67. The van der Waals surface area contributed by atoms with Crippen LogP contribution in [0.1, 0.15) is 0 Å². The Balaban J connectivity index is 1.38. The van der Waals surface area contributed by atoms with Gasteiger partial charge in [-0.15, -0.1) is 0 Å². The Morgan fingerprint density at radius 3 is 1.49 bits per heavy atom. The normalized spacial score (nSPS) is 13.7. The maximum absolute atomic E-state index is 4.85. The zero-order valence-electron chi connectivity index (χ0n) is 31.2. The molecule has 0 spiro atoms. The lowest BCUT2D eigenvalue weighted by Gasteiger charge is -2.45. The molecule has 4 nitrogen and oxygen atoms in total. The van der Waals surface area contributed by atoms with E-state index in [1.807, 2.05) is 24.5 Å². The number of pyridine rings is 2. The second-order valence-corrected chi connectivity index (χ2v) is 25.1. The molecule has 2 aliphatic heterocycles. The minimum absolute atomic E-state index is 0.0578. The van der Waals surface area contributed by atoms with Gasteiger partial charge in [0.25, 0.3) is 6.71 Å². The van der Waals surface area contributed by atoms with Gasteiger partial charge in [0.2, 0.25) is 0 Å². The van der Waals surface area contributed by atoms with Crippen LogP contribution < -0.4 is 31.4 Å². The van der Waals surface area contributed by atoms with E-state index in [0.29, 0.717) is 0 Å². The standard InChI is InChI=1S/C46H43BN4SSi/c1-52(2,3)32-24-26-36-44(30-32)50(40-20-9-7-16-34(40)38-18-11-13-28-48-38)42-22-15-23-43-46(42)47(36)37-27-25-33(53(4,5)6)31-45(37)51(43)41-21-10-8-17-35(41)39-19-12-14-29-49-39/h7-31H,1-6H3. The van der Waals surface area contributed by atoms with E-state index in [-0.39, 0.29) is 6.71 Å². The van der Waals surface area contributed by atoms with Crippen molar-refractivity contribution in [2.45, 2.75) is 24.5 Å². The first-order valence-electron chi connectivity index (χ1n) is 18.3. The third kappa shape index (κ3) is 5.61. The Labute approximate surface area is 316 Å². The number of anilines is 6. The molecular formula is C46H43BN4SSi. The van der Waals surface area contributed by atoms with E-state index < -0.39 is 18.1 Å². The Morgan fingerprint density at radius 2 is 0.981 bits per heavy atom. The molecule has 0 radical (unpaired) electrons. The van der Waals surface area contributed by atoms with E-state index in [1.165, 1.54) is 49.2 Å². The largest absolute Gasteiger partial charge is 0.311 e. The van der Waals surface area contributed by atoms with Crippen LogP contribution in [0.3, 0.4) is 0 Å². The maximum Gasteiger partial charge on any atom is 0.252 e. The van der Waals surface area contributed by atoms with Crippen LogP contribution in [0.4, 0.5) is 34.1 Å². The van der Waals surface area contributed by atoms with Crippen LogP contribution in [-0.4, -0.2) is 43.5 Å². The number of nitrogens with zero attached hydrogens (tertiary/aromatic N) is 4. The van der Waals surface area contributed by atoms with Gasteiger partial charge < -0.3 is 9.80 Å². The summed E-state index contributed by atoms with van der Waals surface area (Å²) in [4.78, 5) is 16.1. The van der Waals surface area contributed by atoms with Crippen molar-refractivity contribution < 1.29 is 0 Å². The first-order chi connectivity index (χ1) is 25.6. The Kier molecular flexibility index (Phi) is 7.98. The van der Waals surface area contributed by atoms with Crippen LogP contribution in [0.2, 0.25) is 19.6 Å². The van der Waals surface area contributed by atoms with Crippen LogP contribution in [0.25, 0.3) is 22.5 Å². The number of hydrogen-bond donors (Lipinski definition) is 0. The topological polar surface area (TPSA) is 32.3 Å². The molecule has 7 aromatic rings. The van der Waals surface area contributed by atoms with Gasteiger partial charge >= 0.3 is 0 Å². The molecule has 53 heavy (non-hydrogen) atoms. The molecule has 2 aromatic heterocycles. The number of para-hydroxylation sites is 2. The summed E-state index contributed by atoms with van der Waals surface area (Å²) in [5, 5.41) is 1.45. The third-order valence-electron chi connectivity index (χ3n) is 10.7. The molecule has 260 valence electrons. The summed E-state index contributed by atoms with van der Waals surface area (Å²) in [5.41, 5.74) is 15.3. The van der Waals surface area contributed by atoms with E-state index in [1.54, 1.807) is 0 Å². The average Bonchev–Trinajstić information content (AvgIpc) is 3.17. The van der Waals surface area contributed by atoms with Gasteiger partial charge in [-0.3, -0.25) is 9.97 Å². The maximum atomic E-state index is 4.85. The van der Waals surface area contributed by atoms with E-state index in [9.17, 15) is 0 Å². The SMILES string of the molecule is C[Si](C)(C)c1ccc2c(c1)N(c1ccccc1-c1ccccn1)c1cccc3c1B2c1ccc(S(C)(C)C)cc1N3c1ccccc1-c1ccccn1. The van der Waals surface area contributed by atoms with E-state index in [0.717, 1.165) is 33.9 Å². The van der Waals surface area contributed by atoms with Gasteiger partial charge in [0.05, 0.1) is 30.8 Å². The molecular weight excluding hydrogens is 679 g/mol. The summed E-state index contributed by atoms with van der Waals surface area (Å²) in [5.74, 6) is 0. The predicted octanol–water partition coefficient (Wildman–Crippen LogP) is 9.49. The lowest BCUT2D eigenvalue weighted by atomic mass is 9.33. The summed E-state index contributed by atoms with van der Waals surface area (Å²) in [7, 11) is -2.67. The highest BCUT2D eigenvalue weighted by molar-refractivity contribution is 8.32. The molecule has 0 unspecified atom stereocenters. The van der Waals surface area contributed by atoms with Gasteiger partial charge in [0, 0.05) is 46.3 Å². The quantitative estimate of drug-likeness (QED) is 0.160. The van der Waals surface area contributed by atoms with Crippen molar-refractivity contribution in [2.24, 2.45) is 0 Å². The van der Waals surface area contributed by atoms with Crippen molar-refractivity contribution in [3.63, 3.8) is 0 Å². The Morgan fingerprint density at radius 1 is 0.491 bits per heavy atom. The van der Waals surface area contributed by atoms with Crippen molar-refractivity contribution in [1.82, 2.24) is 9.97 Å². The Hall–Kier alpha value is -5.37. The zero-order chi connectivity index (χ0) is 36.5. The first-order valence-corrected chi connectivity index (χ1v) is 24.7. The van der Waals surface area contributed by atoms with Gasteiger partial charge in [-0.05, 0) is 101 Å². The molecule has 0 saturated carbocycles. The second kappa shape index (κ2) is 12.6. The molecule has 0 atom stereocenters. The monoisotopic (exact) mass is 722 g/mol. The number of hydrogen-bond acceptors (Lipinski definition) is 4. The molecule has 2 aliphatic rings. The third-order valence-corrected chi connectivity index (χ3v) is 14.4. The number of fused-ring (bicyclic) bond motifs is 4. The van der Waals surface area contributed by atoms with Gasteiger partial charge in [-0.1, -0.05) is 104 Å². The fourth-order valence-electron chi connectivity index (χ4n) is 8.09. The van der Waals surface area contributed by atoms with E-state index >= 15 is 0 Å². The predicted molar refractivity (Wildman–Crippen MR) is 234 cm³/mol. The summed E-state index contributed by atoms with van der Waals surface area (Å²) < 4.78 is 0. The highest BCUT2D eigenvalue weighted by atomic mass is 32.3. The zero-order valence-corrected chi connectivity index (χ0v) is 33.0. The van der Waals surface area contributed by atoms with Crippen LogP contribution in [-0.2, 0) is 0 Å². The molecule has 7 heteroatoms. The molecule has 0 saturated heterocycles. The summed E-state index contributed by atoms with van der Waals surface area (Å²) in [6, 6.07) is 51.4. The van der Waals surface area contributed by atoms with Crippen molar-refractivity contribution in [1.29, 1.82) is 0 Å². The van der Waals surface area contributed by atoms with Crippen molar-refractivity contribution >= 4 is 80.5 Å². The Bertz CT molecular complexity index is 2340. The number of benzene rings is 5. The molecule has 4 heterocycles.